The highest BCUT2D eigenvalue weighted by molar-refractivity contribution is 14.1. The van der Waals surface area contributed by atoms with Crippen LogP contribution in [0.5, 0.6) is 5.75 Å². The molecule has 0 aromatic heterocycles. The standard InChI is InChI=1S/C8H2F5IO/c9-2-1-3(10)8(13)15-7(1)5(12)6(14)4(2)11/h3,8H. The molecule has 0 radical (unpaired) electrons. The lowest BCUT2D eigenvalue weighted by atomic mass is 10.1. The number of rotatable bonds is 0. The maximum atomic E-state index is 13.2. The van der Waals surface area contributed by atoms with Crippen molar-refractivity contribution in [1.82, 2.24) is 0 Å². The van der Waals surface area contributed by atoms with Gasteiger partial charge in [-0.3, -0.25) is 0 Å². The Hall–Kier alpha value is -0.600. The van der Waals surface area contributed by atoms with Gasteiger partial charge < -0.3 is 4.74 Å². The third-order valence-corrected chi connectivity index (χ3v) is 2.94. The third-order valence-electron chi connectivity index (χ3n) is 1.99. The van der Waals surface area contributed by atoms with E-state index >= 15 is 0 Å². The molecule has 1 aliphatic heterocycles. The zero-order valence-corrected chi connectivity index (χ0v) is 8.99. The van der Waals surface area contributed by atoms with Crippen LogP contribution in [-0.2, 0) is 0 Å². The highest BCUT2D eigenvalue weighted by Gasteiger charge is 2.42. The summed E-state index contributed by atoms with van der Waals surface area (Å²) in [6.45, 7) is 0. The molecule has 0 bridgehead atoms. The average Bonchev–Trinajstić information content (AvgIpc) is 2.50. The highest BCUT2D eigenvalue weighted by Crippen LogP contribution is 2.45. The molecule has 15 heavy (non-hydrogen) atoms. The summed E-state index contributed by atoms with van der Waals surface area (Å²) in [5.74, 6) is -5.32. The molecule has 0 amide bonds. The van der Waals surface area contributed by atoms with Crippen LogP contribution in [0.2, 0.25) is 0 Å². The Balaban J connectivity index is 2.75. The van der Waals surface area contributed by atoms with Gasteiger partial charge in [-0.15, -0.1) is 0 Å². The normalized spacial score (nSPS) is 23.9. The number of hydrogen-bond acceptors (Lipinski definition) is 1. The van der Waals surface area contributed by atoms with E-state index in [0.717, 1.165) is 0 Å². The number of halogens is 6. The number of alkyl halides is 2. The van der Waals surface area contributed by atoms with Crippen molar-refractivity contribution in [3.8, 4) is 5.75 Å². The smallest absolute Gasteiger partial charge is 0.273 e. The molecular weight excluding hydrogens is 334 g/mol. The molecule has 2 unspecified atom stereocenters. The molecule has 1 aliphatic rings. The number of ether oxygens (including phenoxy) is 1. The summed E-state index contributed by atoms with van der Waals surface area (Å²) in [5, 5.41) is 0. The fourth-order valence-corrected chi connectivity index (χ4v) is 1.78. The van der Waals surface area contributed by atoms with Crippen LogP contribution in [0.3, 0.4) is 0 Å². The molecule has 0 aliphatic carbocycles. The maximum Gasteiger partial charge on any atom is 0.273 e. The summed E-state index contributed by atoms with van der Waals surface area (Å²) in [4.78, 5) is 0. The fourth-order valence-electron chi connectivity index (χ4n) is 1.29. The second-order valence-corrected chi connectivity index (χ2v) is 3.95. The first-order valence-corrected chi connectivity index (χ1v) is 4.83. The highest BCUT2D eigenvalue weighted by atomic mass is 127. The number of benzene rings is 1. The van der Waals surface area contributed by atoms with E-state index in [0.29, 0.717) is 0 Å². The van der Waals surface area contributed by atoms with Gasteiger partial charge in [-0.2, -0.15) is 4.39 Å². The molecule has 1 heterocycles. The van der Waals surface area contributed by atoms with Crippen molar-refractivity contribution in [2.24, 2.45) is 0 Å². The first-order chi connectivity index (χ1) is 6.95. The van der Waals surface area contributed by atoms with Crippen LogP contribution in [0.25, 0.3) is 0 Å². The van der Waals surface area contributed by atoms with Gasteiger partial charge in [0.2, 0.25) is 0 Å². The van der Waals surface area contributed by atoms with Gasteiger partial charge in [-0.1, -0.05) is 0 Å². The van der Waals surface area contributed by atoms with Crippen molar-refractivity contribution >= 4 is 22.6 Å². The minimum absolute atomic E-state index is 0.690. The van der Waals surface area contributed by atoms with Gasteiger partial charge in [0.15, 0.2) is 29.4 Å². The first kappa shape index (κ1) is 10.9. The molecule has 7 heteroatoms. The Morgan fingerprint density at radius 1 is 1.00 bits per heavy atom. The molecule has 0 N–H and O–H groups in total. The Labute approximate surface area is 94.4 Å². The fraction of sp³-hybridized carbons (Fsp3) is 0.250. The molecule has 1 aromatic carbocycles. The topological polar surface area (TPSA) is 9.23 Å². The summed E-state index contributed by atoms with van der Waals surface area (Å²) >= 11 is 1.19. The van der Waals surface area contributed by atoms with Crippen LogP contribution in [0.15, 0.2) is 0 Å². The van der Waals surface area contributed by atoms with Crippen molar-refractivity contribution < 1.29 is 26.7 Å². The second-order valence-electron chi connectivity index (χ2n) is 2.87. The Morgan fingerprint density at radius 2 is 1.60 bits per heavy atom. The Kier molecular flexibility index (Phi) is 2.52. The molecule has 2 atom stereocenters. The van der Waals surface area contributed by atoms with E-state index in [4.69, 9.17) is 0 Å². The first-order valence-electron chi connectivity index (χ1n) is 3.75. The van der Waals surface area contributed by atoms with Gasteiger partial charge in [0.05, 0.1) is 9.13 Å². The van der Waals surface area contributed by atoms with E-state index in [9.17, 15) is 22.0 Å². The summed E-state index contributed by atoms with van der Waals surface area (Å²) in [6, 6.07) is 0. The summed E-state index contributed by atoms with van der Waals surface area (Å²) < 4.78 is 68.4. The molecule has 0 saturated heterocycles. The lowest BCUT2D eigenvalue weighted by molar-refractivity contribution is 0.0191. The van der Waals surface area contributed by atoms with Crippen LogP contribution in [-0.4, -0.2) is 6.36 Å². The Bertz CT molecular complexity index is 436. The van der Waals surface area contributed by atoms with Crippen molar-refractivity contribution in [3.05, 3.63) is 26.6 Å². The molecule has 0 fully saturated rings. The molecule has 0 spiro atoms. The zero-order chi connectivity index (χ0) is 11.3. The SMILES string of the molecule is Fc1c(F)c2c(c(F)c1I)OC(F)C2F. The van der Waals surface area contributed by atoms with Crippen LogP contribution < -0.4 is 4.74 Å². The van der Waals surface area contributed by atoms with E-state index in [1.165, 1.54) is 22.6 Å². The molecule has 1 nitrogen and oxygen atoms in total. The van der Waals surface area contributed by atoms with Gasteiger partial charge in [0.25, 0.3) is 6.36 Å². The quantitative estimate of drug-likeness (QED) is 0.305. The monoisotopic (exact) mass is 336 g/mol. The number of fused-ring (bicyclic) bond motifs is 1. The van der Waals surface area contributed by atoms with Crippen molar-refractivity contribution in [2.45, 2.75) is 12.5 Å². The summed E-state index contributed by atoms with van der Waals surface area (Å²) in [7, 11) is 0. The van der Waals surface area contributed by atoms with Gasteiger partial charge in [-0.25, -0.2) is 17.6 Å². The van der Waals surface area contributed by atoms with Crippen molar-refractivity contribution in [1.29, 1.82) is 0 Å². The van der Waals surface area contributed by atoms with Crippen molar-refractivity contribution in [2.75, 3.05) is 0 Å². The molecule has 82 valence electrons. The minimum atomic E-state index is -2.50. The lowest BCUT2D eigenvalue weighted by Crippen LogP contribution is -2.08. The van der Waals surface area contributed by atoms with Crippen LogP contribution in [0, 0.1) is 21.0 Å². The minimum Gasteiger partial charge on any atom is -0.453 e. The summed E-state index contributed by atoms with van der Waals surface area (Å²) in [5.41, 5.74) is -1.03. The molecule has 0 saturated carbocycles. The van der Waals surface area contributed by atoms with E-state index in [1.807, 2.05) is 0 Å². The Morgan fingerprint density at radius 3 is 2.20 bits per heavy atom. The second kappa shape index (κ2) is 3.46. The van der Waals surface area contributed by atoms with Crippen LogP contribution in [0.4, 0.5) is 22.0 Å². The van der Waals surface area contributed by atoms with Gasteiger partial charge >= 0.3 is 0 Å². The largest absolute Gasteiger partial charge is 0.453 e. The zero-order valence-electron chi connectivity index (χ0n) is 6.83. The summed E-state index contributed by atoms with van der Waals surface area (Å²) in [6.07, 6.45) is -5.00. The third kappa shape index (κ3) is 1.39. The van der Waals surface area contributed by atoms with Gasteiger partial charge in [0, 0.05) is 0 Å². The van der Waals surface area contributed by atoms with E-state index in [1.54, 1.807) is 0 Å². The molecular formula is C8H2F5IO. The predicted molar refractivity (Wildman–Crippen MR) is 48.4 cm³/mol. The molecule has 2 rings (SSSR count). The van der Waals surface area contributed by atoms with E-state index in [2.05, 4.69) is 4.74 Å². The number of hydrogen-bond donors (Lipinski definition) is 0. The van der Waals surface area contributed by atoms with Gasteiger partial charge in [0.1, 0.15) is 0 Å². The van der Waals surface area contributed by atoms with Crippen molar-refractivity contribution in [3.63, 3.8) is 0 Å². The van der Waals surface area contributed by atoms with Gasteiger partial charge in [-0.05, 0) is 22.6 Å². The average molecular weight is 336 g/mol. The maximum absolute atomic E-state index is 13.2. The lowest BCUT2D eigenvalue weighted by Gasteiger charge is -2.05. The van der Waals surface area contributed by atoms with E-state index in [-0.39, 0.29) is 0 Å². The predicted octanol–water partition coefficient (Wildman–Crippen LogP) is 3.41. The van der Waals surface area contributed by atoms with Crippen LogP contribution in [0.1, 0.15) is 11.7 Å². The molecule has 1 aromatic rings. The van der Waals surface area contributed by atoms with E-state index < -0.39 is 44.9 Å². The van der Waals surface area contributed by atoms with Crippen LogP contribution >= 0.6 is 22.6 Å².